The molecular formula is C46H63IN8O11S. The van der Waals surface area contributed by atoms with Crippen LogP contribution in [0.15, 0.2) is 36.4 Å². The van der Waals surface area contributed by atoms with Gasteiger partial charge >= 0.3 is 12.0 Å². The Bertz CT molecular complexity index is 2110. The van der Waals surface area contributed by atoms with Crippen molar-refractivity contribution >= 4 is 87.6 Å². The number of phenols is 1. The lowest BCUT2D eigenvalue weighted by molar-refractivity contribution is -0.135. The maximum Gasteiger partial charge on any atom is 0.339 e. The van der Waals surface area contributed by atoms with Crippen LogP contribution in [0.4, 0.5) is 4.79 Å². The van der Waals surface area contributed by atoms with Gasteiger partial charge in [0.2, 0.25) is 41.2 Å². The molecule has 10 N–H and O–H groups in total. The van der Waals surface area contributed by atoms with Crippen molar-refractivity contribution in [1.82, 2.24) is 37.2 Å². The molecule has 0 radical (unpaired) electrons. The van der Waals surface area contributed by atoms with Crippen LogP contribution in [0.2, 0.25) is 0 Å². The highest BCUT2D eigenvalue weighted by Gasteiger charge is 2.42. The fourth-order valence-corrected chi connectivity index (χ4v) is 9.99. The van der Waals surface area contributed by atoms with E-state index in [4.69, 9.17) is 10.5 Å². The molecule has 8 amide bonds. The number of Topliss-reactive ketones (excluding diaryl/α,β-unsaturated/α-hetero) is 1. The topological polar surface area (TPSA) is 293 Å². The van der Waals surface area contributed by atoms with Gasteiger partial charge in [0.15, 0.2) is 12.6 Å². The number of aryl methyl sites for hydroxylation is 2. The Labute approximate surface area is 408 Å². The van der Waals surface area contributed by atoms with E-state index < -0.39 is 66.0 Å². The molecule has 0 saturated carbocycles. The predicted octanol–water partition coefficient (Wildman–Crippen LogP) is 2.23. The number of urea groups is 1. The van der Waals surface area contributed by atoms with Crippen LogP contribution in [0.3, 0.4) is 0 Å². The molecule has 19 nitrogen and oxygen atoms in total. The number of primary amides is 1. The first-order valence-corrected chi connectivity index (χ1v) is 24.7. The lowest BCUT2D eigenvalue weighted by Crippen LogP contribution is -2.54. The number of rotatable bonds is 28. The van der Waals surface area contributed by atoms with Crippen LogP contribution in [0.5, 0.6) is 5.75 Å². The van der Waals surface area contributed by atoms with Crippen molar-refractivity contribution in [3.05, 3.63) is 62.2 Å². The molecule has 2 fully saturated rings. The van der Waals surface area contributed by atoms with Crippen molar-refractivity contribution in [2.24, 2.45) is 5.73 Å². The molecule has 4 rings (SSSR count). The fourth-order valence-electron chi connectivity index (χ4n) is 7.87. The zero-order chi connectivity index (χ0) is 49.0. The average Bonchev–Trinajstić information content (AvgIpc) is 3.83. The van der Waals surface area contributed by atoms with Gasteiger partial charge in [-0.3, -0.25) is 33.6 Å². The standard InChI is InChI=1S/C46H63IN8O11S/c1-26-12-11-13-27(2)39(26)45(64)66-24-35(58)41(42(48)61)54-38(60)17-5-4-9-21-50-43(62)32(23-29-18-19-34(57)30(47)22-29)52-44(63)31(51-28(3)56)14-8-10-20-49-37(59)16-7-6-15-36-40-33(25-67-36)53-46(65)55-40/h11-13,18-19,22,31-33,36,40-41,57H,4-10,14-17,20-21,23-25H2,1-3H3,(H2,48,61)(H,49,59)(H,50,62)(H,51,56)(H,52,63)(H,54,60)(H2,53,55,65)/t31-,32-,33+,36?,40+,41+/m0/s1/i47-2. The van der Waals surface area contributed by atoms with Gasteiger partial charge in [0.1, 0.15) is 17.8 Å². The highest BCUT2D eigenvalue weighted by Crippen LogP contribution is 2.33. The number of ketones is 1. The summed E-state index contributed by atoms with van der Waals surface area (Å²) >= 11 is 3.80. The Morgan fingerprint density at radius 2 is 1.52 bits per heavy atom. The number of nitrogens with one attached hydrogen (secondary N) is 7. The maximum atomic E-state index is 13.6. The van der Waals surface area contributed by atoms with E-state index in [-0.39, 0.29) is 55.6 Å². The van der Waals surface area contributed by atoms with E-state index >= 15 is 0 Å². The minimum absolute atomic E-state index is 0.0620. The van der Waals surface area contributed by atoms with Crippen molar-refractivity contribution in [1.29, 1.82) is 0 Å². The van der Waals surface area contributed by atoms with Crippen LogP contribution in [0.25, 0.3) is 0 Å². The molecule has 0 spiro atoms. The van der Waals surface area contributed by atoms with Gasteiger partial charge in [-0.05, 0) is 110 Å². The Kier molecular flexibility index (Phi) is 22.1. The molecule has 6 atom stereocenters. The normalized spacial score (nSPS) is 17.4. The first-order chi connectivity index (χ1) is 31.9. The average molecular weight is 1060 g/mol. The third-order valence-corrected chi connectivity index (χ3v) is 13.8. The van der Waals surface area contributed by atoms with E-state index in [1.165, 1.54) is 13.0 Å². The molecule has 0 aromatic heterocycles. The number of amides is 8. The van der Waals surface area contributed by atoms with Crippen LogP contribution in [0.1, 0.15) is 105 Å². The molecule has 2 aromatic rings. The van der Waals surface area contributed by atoms with Crippen molar-refractivity contribution in [2.45, 2.75) is 133 Å². The number of carbonyl (C=O) groups is 9. The molecule has 2 aliphatic heterocycles. The Hall–Kier alpha value is -5.45. The summed E-state index contributed by atoms with van der Waals surface area (Å²) in [7, 11) is 0. The second-order valence-corrected chi connectivity index (χ2v) is 19.3. The number of halogens is 1. The molecule has 21 heteroatoms. The van der Waals surface area contributed by atoms with E-state index in [2.05, 4.69) is 37.2 Å². The molecule has 2 heterocycles. The third-order valence-electron chi connectivity index (χ3n) is 11.4. The van der Waals surface area contributed by atoms with Crippen molar-refractivity contribution in [2.75, 3.05) is 25.4 Å². The number of aromatic hydroxyl groups is 1. The lowest BCUT2D eigenvalue weighted by atomic mass is 10.0. The van der Waals surface area contributed by atoms with Crippen molar-refractivity contribution in [3.8, 4) is 5.75 Å². The highest BCUT2D eigenvalue weighted by atomic mass is 125. The second-order valence-electron chi connectivity index (χ2n) is 16.8. The zero-order valence-electron chi connectivity index (χ0n) is 38.1. The minimum atomic E-state index is -1.70. The van der Waals surface area contributed by atoms with Gasteiger partial charge in [0.25, 0.3) is 0 Å². The monoisotopic (exact) mass is 1060 g/mol. The summed E-state index contributed by atoms with van der Waals surface area (Å²) in [5.74, 6) is -3.95. The maximum absolute atomic E-state index is 13.6. The summed E-state index contributed by atoms with van der Waals surface area (Å²) in [4.78, 5) is 113. The van der Waals surface area contributed by atoms with E-state index in [1.54, 1.807) is 44.2 Å². The number of hydrogen-bond acceptors (Lipinski definition) is 12. The van der Waals surface area contributed by atoms with Gasteiger partial charge in [-0.15, -0.1) is 0 Å². The van der Waals surface area contributed by atoms with Gasteiger partial charge in [-0.25, -0.2) is 9.59 Å². The quantitative estimate of drug-likeness (QED) is 0.0195. The molecule has 0 bridgehead atoms. The number of benzene rings is 2. The lowest BCUT2D eigenvalue weighted by Gasteiger charge is -2.23. The van der Waals surface area contributed by atoms with Gasteiger partial charge in [0, 0.05) is 50.3 Å². The summed E-state index contributed by atoms with van der Waals surface area (Å²) in [6.45, 7) is 4.54. The predicted molar refractivity (Wildman–Crippen MR) is 259 cm³/mol. The van der Waals surface area contributed by atoms with E-state index in [0.29, 0.717) is 76.1 Å². The van der Waals surface area contributed by atoms with Crippen LogP contribution >= 0.6 is 34.4 Å². The van der Waals surface area contributed by atoms with Gasteiger partial charge in [-0.1, -0.05) is 37.1 Å². The van der Waals surface area contributed by atoms with Crippen LogP contribution in [-0.4, -0.2) is 119 Å². The molecule has 1 unspecified atom stereocenters. The number of unbranched alkanes of at least 4 members (excludes halogenated alkanes) is 4. The number of hydrogen-bond donors (Lipinski definition) is 9. The number of phenolic OH excluding ortho intramolecular Hbond substituents is 1. The fraction of sp³-hybridized carbons (Fsp3) is 0.543. The number of nitrogens with two attached hydrogens (primary N) is 1. The first-order valence-electron chi connectivity index (χ1n) is 22.6. The van der Waals surface area contributed by atoms with Gasteiger partial charge < -0.3 is 52.8 Å². The number of ether oxygens (including phenoxy) is 1. The van der Waals surface area contributed by atoms with Crippen LogP contribution in [-0.2, 0) is 44.7 Å². The molecule has 2 aromatic carbocycles. The van der Waals surface area contributed by atoms with E-state index in [9.17, 15) is 48.3 Å². The summed E-state index contributed by atoms with van der Waals surface area (Å²) < 4.78 is 5.68. The SMILES string of the molecule is CC(=O)N[C@@H](CCCCNC(=O)CCCCC1SC[C@H]2NC(=O)N[C@@H]12)C(=O)N[C@@H](Cc1ccc(O)c([125I])c1)C(=O)NCCCCCC(=O)N[C@@H](C(N)=O)C(=O)COC(=O)c1c(C)cccc1C. The summed E-state index contributed by atoms with van der Waals surface area (Å²) in [5.41, 5.74) is 7.65. The number of thioether (sulfide) groups is 1. The molecular weight excluding hydrogens is 998 g/mol. The third kappa shape index (κ3) is 17.9. The summed E-state index contributed by atoms with van der Waals surface area (Å²) in [6.07, 6.45) is 5.45. The van der Waals surface area contributed by atoms with Gasteiger partial charge in [0.05, 0.1) is 21.2 Å². The summed E-state index contributed by atoms with van der Waals surface area (Å²) in [5, 5.41) is 29.8. The molecule has 2 aliphatic rings. The molecule has 0 aliphatic carbocycles. The Morgan fingerprint density at radius 3 is 2.22 bits per heavy atom. The summed E-state index contributed by atoms with van der Waals surface area (Å²) in [6, 6.07) is 6.52. The Morgan fingerprint density at radius 1 is 0.836 bits per heavy atom. The first kappa shape index (κ1) is 54.2. The second kappa shape index (κ2) is 27.4. The number of fused-ring (bicyclic) bond motifs is 1. The van der Waals surface area contributed by atoms with Crippen LogP contribution in [0, 0.1) is 17.4 Å². The highest BCUT2D eigenvalue weighted by molar-refractivity contribution is 14.1. The Balaban J connectivity index is 1.19. The molecule has 366 valence electrons. The van der Waals surface area contributed by atoms with E-state index in [1.807, 2.05) is 34.4 Å². The zero-order valence-corrected chi connectivity index (χ0v) is 41.1. The number of esters is 1. The largest absolute Gasteiger partial charge is 0.507 e. The smallest absolute Gasteiger partial charge is 0.339 e. The van der Waals surface area contributed by atoms with Crippen LogP contribution < -0.4 is 43.0 Å². The molecule has 2 saturated heterocycles. The number of carbonyl (C=O) groups excluding carboxylic acids is 9. The minimum Gasteiger partial charge on any atom is -0.507 e. The van der Waals surface area contributed by atoms with E-state index in [0.717, 1.165) is 25.0 Å². The molecule has 67 heavy (non-hydrogen) atoms. The van der Waals surface area contributed by atoms with Crippen molar-refractivity contribution in [3.63, 3.8) is 0 Å². The van der Waals surface area contributed by atoms with Gasteiger partial charge in [-0.2, -0.15) is 11.8 Å². The van der Waals surface area contributed by atoms with Crippen molar-refractivity contribution < 1.29 is 53.0 Å².